The summed E-state index contributed by atoms with van der Waals surface area (Å²) in [4.78, 5) is 52.2. The fraction of sp³-hybridized carbons (Fsp3) is 0.333. The van der Waals surface area contributed by atoms with Gasteiger partial charge < -0.3 is 30.2 Å². The third-order valence-electron chi connectivity index (χ3n) is 7.49. The highest BCUT2D eigenvalue weighted by atomic mass is 35.5. The number of aliphatic carboxylic acids is 2. The van der Waals surface area contributed by atoms with Crippen molar-refractivity contribution in [2.45, 2.75) is 56.9 Å². The summed E-state index contributed by atoms with van der Waals surface area (Å²) in [6.07, 6.45) is 1.90. The molecular formula is C30H34ClN5O10S. The van der Waals surface area contributed by atoms with Crippen LogP contribution in [0.2, 0.25) is 5.02 Å². The number of amides is 2. The fourth-order valence-corrected chi connectivity index (χ4v) is 6.00. The van der Waals surface area contributed by atoms with E-state index in [2.05, 4.69) is 16.0 Å². The van der Waals surface area contributed by atoms with Crippen molar-refractivity contribution in [1.82, 2.24) is 15.5 Å². The minimum atomic E-state index is -4.72. The highest BCUT2D eigenvalue weighted by Crippen LogP contribution is 2.32. The summed E-state index contributed by atoms with van der Waals surface area (Å²) in [5, 5.41) is 28.0. The van der Waals surface area contributed by atoms with Gasteiger partial charge >= 0.3 is 22.2 Å². The lowest BCUT2D eigenvalue weighted by molar-refractivity contribution is -0.149. The van der Waals surface area contributed by atoms with Crippen LogP contribution in [-0.4, -0.2) is 82.5 Å². The van der Waals surface area contributed by atoms with Crippen LogP contribution < -0.4 is 20.7 Å². The van der Waals surface area contributed by atoms with E-state index in [0.29, 0.717) is 12.2 Å². The number of carboxylic acid groups (broad SMARTS) is 2. The van der Waals surface area contributed by atoms with Gasteiger partial charge in [-0.15, -0.1) is 0 Å². The zero-order valence-electron chi connectivity index (χ0n) is 25.1. The molecule has 0 spiro atoms. The molecule has 1 aromatic heterocycles. The Kier molecular flexibility index (Phi) is 11.5. The molecule has 252 valence electrons. The van der Waals surface area contributed by atoms with Gasteiger partial charge in [0.1, 0.15) is 17.8 Å². The Morgan fingerprint density at radius 2 is 1.81 bits per heavy atom. The number of aryl methyl sites for hydroxylation is 1. The average Bonchev–Trinajstić information content (AvgIpc) is 3.68. The van der Waals surface area contributed by atoms with Crippen LogP contribution in [0.3, 0.4) is 0 Å². The van der Waals surface area contributed by atoms with Gasteiger partial charge in [0.05, 0.1) is 40.8 Å². The molecule has 7 N–H and O–H groups in total. The Hall–Kier alpha value is -4.64. The van der Waals surface area contributed by atoms with E-state index in [1.807, 2.05) is 35.1 Å². The molecule has 1 saturated heterocycles. The zero-order chi connectivity index (χ0) is 34.3. The van der Waals surface area contributed by atoms with E-state index in [4.69, 9.17) is 16.0 Å². The Balaban J connectivity index is 1.49. The second-order valence-corrected chi connectivity index (χ2v) is 12.5. The molecule has 0 aliphatic carbocycles. The van der Waals surface area contributed by atoms with Crippen molar-refractivity contribution >= 4 is 57.0 Å². The number of carboxylic acids is 2. The zero-order valence-corrected chi connectivity index (χ0v) is 26.6. The van der Waals surface area contributed by atoms with Gasteiger partial charge in [0, 0.05) is 19.0 Å². The van der Waals surface area contributed by atoms with Gasteiger partial charge in [-0.05, 0) is 49.6 Å². The van der Waals surface area contributed by atoms with E-state index in [1.165, 1.54) is 19.3 Å². The minimum Gasteiger partial charge on any atom is -0.480 e. The third-order valence-corrected chi connectivity index (χ3v) is 8.28. The predicted octanol–water partition coefficient (Wildman–Crippen LogP) is 2.61. The molecule has 0 saturated carbocycles. The van der Waals surface area contributed by atoms with Crippen LogP contribution in [0.15, 0.2) is 65.3 Å². The third kappa shape index (κ3) is 9.68. The number of halogens is 1. The van der Waals surface area contributed by atoms with Gasteiger partial charge in [-0.3, -0.25) is 29.0 Å². The number of furan rings is 1. The van der Waals surface area contributed by atoms with E-state index in [9.17, 15) is 42.4 Å². The molecule has 2 heterocycles. The number of hydrogen-bond donors (Lipinski definition) is 7. The molecule has 47 heavy (non-hydrogen) atoms. The molecule has 1 aliphatic rings. The van der Waals surface area contributed by atoms with E-state index < -0.39 is 58.2 Å². The number of anilines is 2. The lowest BCUT2D eigenvalue weighted by Gasteiger charge is -2.27. The summed E-state index contributed by atoms with van der Waals surface area (Å²) in [5.74, 6) is -3.43. The summed E-state index contributed by atoms with van der Waals surface area (Å²) < 4.78 is 39.3. The summed E-state index contributed by atoms with van der Waals surface area (Å²) in [6.45, 7) is 1.33. The first-order chi connectivity index (χ1) is 22.2. The van der Waals surface area contributed by atoms with Crippen molar-refractivity contribution in [3.8, 4) is 0 Å². The quantitative estimate of drug-likeness (QED) is 0.114. The highest BCUT2D eigenvalue weighted by molar-refractivity contribution is 7.87. The number of nitrogens with one attached hydrogen (secondary N) is 4. The first kappa shape index (κ1) is 35.2. The van der Waals surface area contributed by atoms with Crippen LogP contribution in [0, 0.1) is 0 Å². The Bertz CT molecular complexity index is 1700. The largest absolute Gasteiger partial charge is 0.480 e. The van der Waals surface area contributed by atoms with Crippen LogP contribution >= 0.6 is 11.6 Å². The number of hydrogen-bond acceptors (Lipinski definition) is 9. The maximum atomic E-state index is 13.5. The Morgan fingerprint density at radius 1 is 1.09 bits per heavy atom. The lowest BCUT2D eigenvalue weighted by atomic mass is 10.0. The second-order valence-electron chi connectivity index (χ2n) is 10.9. The molecule has 1 fully saturated rings. The van der Waals surface area contributed by atoms with Gasteiger partial charge in [0.25, 0.3) is 5.91 Å². The van der Waals surface area contributed by atoms with Gasteiger partial charge in [-0.25, -0.2) is 4.79 Å². The van der Waals surface area contributed by atoms with E-state index in [-0.39, 0.29) is 47.9 Å². The van der Waals surface area contributed by atoms with Gasteiger partial charge in [-0.1, -0.05) is 41.9 Å². The number of carbonyl (C=O) groups excluding carboxylic acids is 2. The number of carbonyl (C=O) groups is 4. The van der Waals surface area contributed by atoms with Crippen molar-refractivity contribution in [2.24, 2.45) is 0 Å². The first-order valence-corrected chi connectivity index (χ1v) is 16.3. The molecule has 0 bridgehead atoms. The fourth-order valence-electron chi connectivity index (χ4n) is 5.30. The molecule has 1 aliphatic heterocycles. The Morgan fingerprint density at radius 3 is 2.43 bits per heavy atom. The van der Waals surface area contributed by atoms with Gasteiger partial charge in [0.2, 0.25) is 5.91 Å². The standard InChI is InChI=1S/C30H34ClN5O10S/c1-17(33-24(29(39)40)10-9-18-6-3-2-4-7-18)28(38)36-16-20(14-25(36)30(41)42)34-27(37)22-12-19(35-47(43,44)45)13-23(31)26(22)32-15-21-8-5-11-46-21/h2-8,11-13,17,20,24-25,32-33,35H,9-10,14-16H2,1H3,(H,34,37)(H,39,40)(H,41,42)(H,43,44,45)/t17-,20-,24-,25?/m0/s1. The molecule has 2 aromatic carbocycles. The normalized spacial score (nSPS) is 17.5. The monoisotopic (exact) mass is 691 g/mol. The van der Waals surface area contributed by atoms with Crippen molar-refractivity contribution in [2.75, 3.05) is 16.6 Å². The van der Waals surface area contributed by atoms with Gasteiger partial charge in [0.15, 0.2) is 0 Å². The predicted molar refractivity (Wildman–Crippen MR) is 170 cm³/mol. The maximum absolute atomic E-state index is 13.5. The molecular weight excluding hydrogens is 658 g/mol. The first-order valence-electron chi connectivity index (χ1n) is 14.4. The van der Waals surface area contributed by atoms with Gasteiger partial charge in [-0.2, -0.15) is 8.42 Å². The number of likely N-dealkylation sites (tertiary alicyclic amines) is 1. The van der Waals surface area contributed by atoms with E-state index in [0.717, 1.165) is 16.5 Å². The molecule has 2 amide bonds. The summed E-state index contributed by atoms with van der Waals surface area (Å²) in [5.41, 5.74) is 0.640. The van der Waals surface area contributed by atoms with E-state index >= 15 is 0 Å². The summed E-state index contributed by atoms with van der Waals surface area (Å²) >= 11 is 6.38. The summed E-state index contributed by atoms with van der Waals surface area (Å²) in [6, 6.07) is 10.5. The molecule has 3 aromatic rings. The Labute approximate surface area is 275 Å². The number of benzene rings is 2. The van der Waals surface area contributed by atoms with Crippen LogP contribution in [0.5, 0.6) is 0 Å². The average molecular weight is 692 g/mol. The number of rotatable bonds is 15. The molecule has 0 radical (unpaired) electrons. The molecule has 17 heteroatoms. The lowest BCUT2D eigenvalue weighted by Crippen LogP contribution is -2.53. The second kappa shape index (κ2) is 15.3. The van der Waals surface area contributed by atoms with Crippen molar-refractivity contribution in [3.05, 3.63) is 82.8 Å². The smallest absolute Gasteiger partial charge is 0.357 e. The van der Waals surface area contributed by atoms with Crippen LogP contribution in [-0.2, 0) is 37.7 Å². The molecule has 15 nitrogen and oxygen atoms in total. The van der Waals surface area contributed by atoms with Crippen molar-refractivity contribution in [1.29, 1.82) is 0 Å². The topological polar surface area (TPSA) is 228 Å². The van der Waals surface area contributed by atoms with Crippen LogP contribution in [0.4, 0.5) is 11.4 Å². The number of nitrogens with zero attached hydrogens (tertiary/aromatic N) is 1. The SMILES string of the molecule is C[C@H](N[C@@H](CCc1ccccc1)C(=O)O)C(=O)N1C[C@@H](NC(=O)c2cc(NS(=O)(=O)O)cc(Cl)c2NCc2ccco2)CC1C(=O)O. The van der Waals surface area contributed by atoms with Crippen molar-refractivity contribution in [3.63, 3.8) is 0 Å². The molecule has 4 rings (SSSR count). The van der Waals surface area contributed by atoms with E-state index in [1.54, 1.807) is 12.1 Å². The van der Waals surface area contributed by atoms with Crippen molar-refractivity contribution < 1.29 is 46.8 Å². The highest BCUT2D eigenvalue weighted by Gasteiger charge is 2.42. The molecule has 4 atom stereocenters. The molecule has 1 unspecified atom stereocenters. The summed E-state index contributed by atoms with van der Waals surface area (Å²) in [7, 11) is -4.72. The van der Waals surface area contributed by atoms with Crippen LogP contribution in [0.1, 0.15) is 41.4 Å². The minimum absolute atomic E-state index is 0.0813. The maximum Gasteiger partial charge on any atom is 0.357 e. The van der Waals surface area contributed by atoms with Crippen LogP contribution in [0.25, 0.3) is 0 Å².